The Morgan fingerprint density at radius 1 is 1.29 bits per heavy atom. The van der Waals surface area contributed by atoms with Gasteiger partial charge in [0.2, 0.25) is 0 Å². The maximum atomic E-state index is 11.7. The highest BCUT2D eigenvalue weighted by Gasteiger charge is 2.20. The third kappa shape index (κ3) is 3.54. The summed E-state index contributed by atoms with van der Waals surface area (Å²) in [5.41, 5.74) is 0.971. The van der Waals surface area contributed by atoms with Gasteiger partial charge in [-0.05, 0) is 25.0 Å². The molecule has 6 heteroatoms. The van der Waals surface area contributed by atoms with E-state index in [2.05, 4.69) is 22.2 Å². The molecule has 5 nitrogen and oxygen atoms in total. The second kappa shape index (κ2) is 6.97. The number of carboxylic acids is 1. The van der Waals surface area contributed by atoms with Gasteiger partial charge in [0.1, 0.15) is 22.5 Å². The number of rotatable bonds is 6. The summed E-state index contributed by atoms with van der Waals surface area (Å²) in [5.74, 6) is 0.337. The van der Waals surface area contributed by atoms with E-state index in [-0.39, 0.29) is 0 Å². The molecule has 2 aromatic heterocycles. The Bertz CT molecular complexity index is 861. The number of benzene rings is 1. The predicted octanol–water partition coefficient (Wildman–Crippen LogP) is 3.67. The maximum Gasteiger partial charge on any atom is 0.326 e. The fourth-order valence-corrected chi connectivity index (χ4v) is 3.59. The van der Waals surface area contributed by atoms with Gasteiger partial charge in [0, 0.05) is 11.3 Å². The lowest BCUT2D eigenvalue weighted by Gasteiger charge is -2.16. The molecule has 124 valence electrons. The Hall–Kier alpha value is -2.47. The van der Waals surface area contributed by atoms with Crippen LogP contribution in [-0.2, 0) is 17.6 Å². The third-order valence-electron chi connectivity index (χ3n) is 3.80. The Morgan fingerprint density at radius 2 is 2.04 bits per heavy atom. The van der Waals surface area contributed by atoms with E-state index < -0.39 is 12.0 Å². The van der Waals surface area contributed by atoms with E-state index in [1.807, 2.05) is 43.3 Å². The zero-order valence-electron chi connectivity index (χ0n) is 13.6. The molecule has 0 aliphatic heterocycles. The van der Waals surface area contributed by atoms with Crippen molar-refractivity contribution in [3.8, 4) is 0 Å². The molecule has 0 saturated heterocycles. The zero-order valence-corrected chi connectivity index (χ0v) is 14.4. The zero-order chi connectivity index (χ0) is 17.1. The Balaban J connectivity index is 1.93. The van der Waals surface area contributed by atoms with Gasteiger partial charge in [-0.1, -0.05) is 37.3 Å². The number of fused-ring (bicyclic) bond motifs is 1. The van der Waals surface area contributed by atoms with Crippen LogP contribution in [0.4, 0.5) is 5.82 Å². The van der Waals surface area contributed by atoms with Crippen LogP contribution in [0.15, 0.2) is 36.4 Å². The lowest BCUT2D eigenvalue weighted by atomic mass is 10.1. The van der Waals surface area contributed by atoms with Gasteiger partial charge in [0.15, 0.2) is 0 Å². The van der Waals surface area contributed by atoms with Gasteiger partial charge in [-0.2, -0.15) is 0 Å². The number of nitrogens with one attached hydrogen (secondary N) is 1. The second-order valence-electron chi connectivity index (χ2n) is 5.63. The molecule has 1 atom stereocenters. The van der Waals surface area contributed by atoms with Crippen LogP contribution in [0, 0.1) is 6.92 Å². The summed E-state index contributed by atoms with van der Waals surface area (Å²) < 4.78 is 0. The van der Waals surface area contributed by atoms with Gasteiger partial charge in [0.25, 0.3) is 0 Å². The van der Waals surface area contributed by atoms with E-state index in [0.717, 1.165) is 22.2 Å². The normalized spacial score (nSPS) is 12.2. The van der Waals surface area contributed by atoms with E-state index >= 15 is 0 Å². The summed E-state index contributed by atoms with van der Waals surface area (Å²) >= 11 is 1.63. The number of anilines is 1. The molecule has 24 heavy (non-hydrogen) atoms. The number of hydrogen-bond donors (Lipinski definition) is 2. The van der Waals surface area contributed by atoms with Gasteiger partial charge in [-0.25, -0.2) is 14.8 Å². The van der Waals surface area contributed by atoms with Crippen molar-refractivity contribution in [2.24, 2.45) is 0 Å². The van der Waals surface area contributed by atoms with Crippen molar-refractivity contribution in [1.29, 1.82) is 0 Å². The van der Waals surface area contributed by atoms with Gasteiger partial charge >= 0.3 is 5.97 Å². The lowest BCUT2D eigenvalue weighted by Crippen LogP contribution is -2.32. The molecule has 0 unspecified atom stereocenters. The first-order valence-electron chi connectivity index (χ1n) is 7.87. The van der Waals surface area contributed by atoms with Gasteiger partial charge in [-0.3, -0.25) is 0 Å². The fourth-order valence-electron chi connectivity index (χ4n) is 2.58. The highest BCUT2D eigenvalue weighted by atomic mass is 32.1. The first kappa shape index (κ1) is 16.4. The largest absolute Gasteiger partial charge is 0.480 e. The van der Waals surface area contributed by atoms with Gasteiger partial charge in [0.05, 0.1) is 5.39 Å². The van der Waals surface area contributed by atoms with Gasteiger partial charge < -0.3 is 10.4 Å². The number of carbonyl (C=O) groups is 1. The molecule has 3 aromatic rings. The van der Waals surface area contributed by atoms with E-state index in [0.29, 0.717) is 18.1 Å². The van der Waals surface area contributed by atoms with Crippen molar-refractivity contribution in [2.75, 3.05) is 5.32 Å². The smallest absolute Gasteiger partial charge is 0.326 e. The number of aryl methyl sites for hydroxylation is 2. The summed E-state index contributed by atoms with van der Waals surface area (Å²) in [4.78, 5) is 22.7. The fraction of sp³-hybridized carbons (Fsp3) is 0.278. The molecule has 3 rings (SSSR count). The second-order valence-corrected chi connectivity index (χ2v) is 6.74. The molecule has 0 aliphatic rings. The summed E-state index contributed by atoms with van der Waals surface area (Å²) in [6.45, 7) is 3.91. The summed E-state index contributed by atoms with van der Waals surface area (Å²) in [6, 6.07) is 10.9. The molecule has 1 aromatic carbocycles. The van der Waals surface area contributed by atoms with Crippen LogP contribution in [0.2, 0.25) is 0 Å². The molecule has 2 heterocycles. The summed E-state index contributed by atoms with van der Waals surface area (Å²) in [5, 5.41) is 13.6. The van der Waals surface area contributed by atoms with Crippen molar-refractivity contribution < 1.29 is 9.90 Å². The SMILES string of the molecule is CCc1cc2c(N[C@@H](Cc3ccccc3)C(=O)O)nc(C)nc2s1. The van der Waals surface area contributed by atoms with Crippen LogP contribution < -0.4 is 5.32 Å². The first-order chi connectivity index (χ1) is 11.6. The van der Waals surface area contributed by atoms with Crippen molar-refractivity contribution in [3.63, 3.8) is 0 Å². The third-order valence-corrected chi connectivity index (χ3v) is 4.97. The average Bonchev–Trinajstić information content (AvgIpc) is 2.98. The number of aromatic nitrogens is 2. The number of thiophene rings is 1. The minimum atomic E-state index is -0.894. The quantitative estimate of drug-likeness (QED) is 0.715. The Kier molecular flexibility index (Phi) is 4.76. The molecule has 0 bridgehead atoms. The monoisotopic (exact) mass is 341 g/mol. The van der Waals surface area contributed by atoms with Crippen molar-refractivity contribution in [1.82, 2.24) is 9.97 Å². The molecule has 0 spiro atoms. The molecule has 0 amide bonds. The minimum Gasteiger partial charge on any atom is -0.480 e. The lowest BCUT2D eigenvalue weighted by molar-refractivity contribution is -0.137. The molecule has 0 radical (unpaired) electrons. The summed E-state index contributed by atoms with van der Waals surface area (Å²) in [7, 11) is 0. The molecule has 0 aliphatic carbocycles. The number of aliphatic carboxylic acids is 1. The predicted molar refractivity (Wildman–Crippen MR) is 96.7 cm³/mol. The van der Waals surface area contributed by atoms with E-state index in [1.54, 1.807) is 11.3 Å². The van der Waals surface area contributed by atoms with E-state index in [4.69, 9.17) is 0 Å². The highest BCUT2D eigenvalue weighted by molar-refractivity contribution is 7.18. The highest BCUT2D eigenvalue weighted by Crippen LogP contribution is 2.29. The van der Waals surface area contributed by atoms with Gasteiger partial charge in [-0.15, -0.1) is 11.3 Å². The first-order valence-corrected chi connectivity index (χ1v) is 8.68. The topological polar surface area (TPSA) is 75.1 Å². The van der Waals surface area contributed by atoms with E-state index in [1.165, 1.54) is 4.88 Å². The van der Waals surface area contributed by atoms with Crippen molar-refractivity contribution >= 4 is 33.3 Å². The standard InChI is InChI=1S/C18H19N3O2S/c1-3-13-10-14-16(19-11(2)20-17(14)24-13)21-15(18(22)23)9-12-7-5-4-6-8-12/h4-8,10,15H,3,9H2,1-2H3,(H,22,23)(H,19,20,21)/t15-/m0/s1. The molecular formula is C18H19N3O2S. The Labute approximate surface area is 144 Å². The Morgan fingerprint density at radius 3 is 2.71 bits per heavy atom. The molecule has 2 N–H and O–H groups in total. The molecule has 0 fully saturated rings. The van der Waals surface area contributed by atoms with Crippen LogP contribution in [0.1, 0.15) is 23.2 Å². The maximum absolute atomic E-state index is 11.7. The molecule has 0 saturated carbocycles. The van der Waals surface area contributed by atoms with E-state index in [9.17, 15) is 9.90 Å². The molecular weight excluding hydrogens is 322 g/mol. The van der Waals surface area contributed by atoms with Crippen LogP contribution in [0.25, 0.3) is 10.2 Å². The van der Waals surface area contributed by atoms with Crippen LogP contribution in [-0.4, -0.2) is 27.1 Å². The van der Waals surface area contributed by atoms with Crippen LogP contribution >= 0.6 is 11.3 Å². The number of carboxylic acid groups (broad SMARTS) is 1. The number of hydrogen-bond acceptors (Lipinski definition) is 5. The minimum absolute atomic E-state index is 0.394. The summed E-state index contributed by atoms with van der Waals surface area (Å²) in [6.07, 6.45) is 1.32. The average molecular weight is 341 g/mol. The van der Waals surface area contributed by atoms with Crippen LogP contribution in [0.5, 0.6) is 0 Å². The van der Waals surface area contributed by atoms with Crippen LogP contribution in [0.3, 0.4) is 0 Å². The number of nitrogens with zero attached hydrogens (tertiary/aromatic N) is 2. The van der Waals surface area contributed by atoms with Crippen molar-refractivity contribution in [2.45, 2.75) is 32.7 Å². The van der Waals surface area contributed by atoms with Crippen molar-refractivity contribution in [3.05, 3.63) is 52.7 Å².